The van der Waals surface area contributed by atoms with E-state index in [-0.39, 0.29) is 24.2 Å². The highest BCUT2D eigenvalue weighted by Crippen LogP contribution is 2.47. The van der Waals surface area contributed by atoms with Gasteiger partial charge in [0.2, 0.25) is 11.8 Å². The van der Waals surface area contributed by atoms with Gasteiger partial charge in [0.15, 0.2) is 5.13 Å². The third kappa shape index (κ3) is 3.92. The molecule has 2 saturated heterocycles. The summed E-state index contributed by atoms with van der Waals surface area (Å²) in [5, 5.41) is 2.00. The summed E-state index contributed by atoms with van der Waals surface area (Å²) in [5.41, 5.74) is 2.25. The van der Waals surface area contributed by atoms with E-state index in [1.807, 2.05) is 25.2 Å². The van der Waals surface area contributed by atoms with Crippen LogP contribution in [-0.4, -0.2) is 62.8 Å². The molecule has 1 atom stereocenters. The van der Waals surface area contributed by atoms with Crippen molar-refractivity contribution in [2.24, 2.45) is 0 Å². The van der Waals surface area contributed by atoms with Gasteiger partial charge >= 0.3 is 0 Å². The highest BCUT2D eigenvalue weighted by Gasteiger charge is 2.52. The number of sulfonamides is 1. The van der Waals surface area contributed by atoms with E-state index in [0.717, 1.165) is 11.3 Å². The van der Waals surface area contributed by atoms with Crippen molar-refractivity contribution < 1.29 is 19.4 Å². The van der Waals surface area contributed by atoms with Gasteiger partial charge in [-0.05, 0) is 55.2 Å². The Bertz CT molecular complexity index is 1460. The first-order chi connectivity index (χ1) is 17.8. The number of carbonyl (C=O) groups excluding carboxylic acids is 2. The molecule has 1 N–H and O–H groups in total. The molecule has 0 bridgehead atoms. The molecule has 37 heavy (non-hydrogen) atoms. The van der Waals surface area contributed by atoms with Gasteiger partial charge in [-0.3, -0.25) is 19.2 Å². The summed E-state index contributed by atoms with van der Waals surface area (Å²) >= 11 is 1.21. The maximum absolute atomic E-state index is 13.4. The number of likely N-dealkylation sites (tertiary alicyclic amines) is 1. The third-order valence-corrected chi connectivity index (χ3v) is 10.0. The van der Waals surface area contributed by atoms with E-state index >= 15 is 0 Å². The molecular formula is C26H29N5O4S2. The molecule has 1 aromatic heterocycles. The second kappa shape index (κ2) is 8.93. The van der Waals surface area contributed by atoms with Gasteiger partial charge in [-0.2, -0.15) is 0 Å². The zero-order valence-corrected chi connectivity index (χ0v) is 22.0. The molecule has 0 radical (unpaired) electrons. The third-order valence-electron chi connectivity index (χ3n) is 7.88. The monoisotopic (exact) mass is 539 g/mol. The summed E-state index contributed by atoms with van der Waals surface area (Å²) in [7, 11) is -1.91. The molecule has 9 nitrogen and oxygen atoms in total. The first-order valence-corrected chi connectivity index (χ1v) is 14.6. The number of rotatable bonds is 5. The molecular weight excluding hydrogens is 510 g/mol. The van der Waals surface area contributed by atoms with Crippen molar-refractivity contribution in [1.29, 1.82) is 0 Å². The van der Waals surface area contributed by atoms with Crippen molar-refractivity contribution in [3.8, 4) is 0 Å². The van der Waals surface area contributed by atoms with Crippen LogP contribution in [0, 0.1) is 0 Å². The van der Waals surface area contributed by atoms with E-state index in [9.17, 15) is 18.0 Å². The fourth-order valence-corrected chi connectivity index (χ4v) is 7.72. The molecule has 2 fully saturated rings. The molecule has 3 aromatic rings. The minimum atomic E-state index is -3.75. The van der Waals surface area contributed by atoms with E-state index in [2.05, 4.69) is 20.7 Å². The van der Waals surface area contributed by atoms with Crippen LogP contribution < -0.4 is 14.5 Å². The number of fused-ring (bicyclic) bond motifs is 2. The molecule has 4 heterocycles. The molecule has 0 unspecified atom stereocenters. The normalized spacial score (nSPS) is 21.6. The standard InChI is InChI=1S/C26H27N5O4S2.H2/c1-29-21-5-3-2-4-20(21)26(24(29)33)11-15-30(16-12-26)22-10-14-31(23(22)32)18-6-8-19(9-7-18)37(34,35)28-25-27-13-17-36-25;/h2-9,13,17,22H,10-12,14-16H2,1H3,(H,27,28);1H/t22-;/m0./s1. The van der Waals surface area contributed by atoms with E-state index in [0.29, 0.717) is 49.7 Å². The lowest BCUT2D eigenvalue weighted by molar-refractivity contribution is -0.126. The molecule has 194 valence electrons. The van der Waals surface area contributed by atoms with Crippen molar-refractivity contribution in [2.45, 2.75) is 35.6 Å². The lowest BCUT2D eigenvalue weighted by atomic mass is 9.73. The lowest BCUT2D eigenvalue weighted by Gasteiger charge is -2.40. The first-order valence-electron chi connectivity index (χ1n) is 12.3. The van der Waals surface area contributed by atoms with Gasteiger partial charge in [0, 0.05) is 51.1 Å². The van der Waals surface area contributed by atoms with Gasteiger partial charge in [0.1, 0.15) is 0 Å². The molecule has 6 rings (SSSR count). The summed E-state index contributed by atoms with van der Waals surface area (Å²) in [6.45, 7) is 1.93. The van der Waals surface area contributed by atoms with E-state index in [4.69, 9.17) is 0 Å². The number of piperidine rings is 1. The number of carbonyl (C=O) groups is 2. The van der Waals surface area contributed by atoms with Crippen LogP contribution in [-0.2, 0) is 25.0 Å². The second-order valence-corrected chi connectivity index (χ2v) is 12.3. The van der Waals surface area contributed by atoms with Gasteiger partial charge in [-0.15, -0.1) is 11.3 Å². The SMILES string of the molecule is CN1C(=O)C2(CCN([C@H]3CCN(c4ccc(S(=O)(=O)Nc5nccs5)cc4)C3=O)CC2)c2ccccc21.[HH]. The Balaban J connectivity index is 0.00000294. The predicted octanol–water partition coefficient (Wildman–Crippen LogP) is 3.31. The summed E-state index contributed by atoms with van der Waals surface area (Å²) < 4.78 is 27.7. The zero-order valence-electron chi connectivity index (χ0n) is 20.3. The summed E-state index contributed by atoms with van der Waals surface area (Å²) in [5.74, 6) is 0.162. The van der Waals surface area contributed by atoms with Crippen LogP contribution in [0.15, 0.2) is 65.0 Å². The smallest absolute Gasteiger partial charge is 0.263 e. The van der Waals surface area contributed by atoms with Crippen molar-refractivity contribution in [3.63, 3.8) is 0 Å². The molecule has 2 aromatic carbocycles. The molecule has 0 saturated carbocycles. The minimum absolute atomic E-state index is 0. The summed E-state index contributed by atoms with van der Waals surface area (Å²) in [4.78, 5) is 36.4. The summed E-state index contributed by atoms with van der Waals surface area (Å²) in [6.07, 6.45) is 3.61. The van der Waals surface area contributed by atoms with Crippen molar-refractivity contribution in [2.75, 3.05) is 41.2 Å². The van der Waals surface area contributed by atoms with Crippen LogP contribution in [0.2, 0.25) is 0 Å². The van der Waals surface area contributed by atoms with Crippen molar-refractivity contribution in [3.05, 3.63) is 65.7 Å². The maximum atomic E-state index is 13.4. The van der Waals surface area contributed by atoms with Crippen molar-refractivity contribution >= 4 is 49.7 Å². The molecule has 3 aliphatic heterocycles. The predicted molar refractivity (Wildman–Crippen MR) is 145 cm³/mol. The number of amides is 2. The Kier molecular flexibility index (Phi) is 5.81. The van der Waals surface area contributed by atoms with Crippen LogP contribution in [0.4, 0.5) is 16.5 Å². The topological polar surface area (TPSA) is 103 Å². The van der Waals surface area contributed by atoms with Crippen LogP contribution in [0.25, 0.3) is 0 Å². The Morgan fingerprint density at radius 3 is 2.49 bits per heavy atom. The molecule has 0 aliphatic carbocycles. The number of benzene rings is 2. The number of para-hydroxylation sites is 1. The van der Waals surface area contributed by atoms with Gasteiger partial charge in [-0.25, -0.2) is 13.4 Å². The number of anilines is 3. The average molecular weight is 540 g/mol. The number of likely N-dealkylation sites (N-methyl/N-ethyl adjacent to an activating group) is 1. The summed E-state index contributed by atoms with van der Waals surface area (Å²) in [6, 6.07) is 14.1. The lowest BCUT2D eigenvalue weighted by Crippen LogP contribution is -2.52. The van der Waals surface area contributed by atoms with Crippen LogP contribution >= 0.6 is 11.3 Å². The second-order valence-electron chi connectivity index (χ2n) is 9.73. The highest BCUT2D eigenvalue weighted by molar-refractivity contribution is 7.93. The van der Waals surface area contributed by atoms with E-state index in [1.54, 1.807) is 27.3 Å². The Morgan fingerprint density at radius 2 is 1.78 bits per heavy atom. The Morgan fingerprint density at radius 1 is 1.05 bits per heavy atom. The first kappa shape index (κ1) is 24.1. The fraction of sp³-hybridized carbons (Fsp3) is 0.346. The molecule has 2 amide bonds. The van der Waals surface area contributed by atoms with Gasteiger partial charge in [-0.1, -0.05) is 18.2 Å². The number of thiazole rings is 1. The quantitative estimate of drug-likeness (QED) is 0.534. The average Bonchev–Trinajstić information content (AvgIpc) is 3.61. The number of nitrogens with one attached hydrogen (secondary N) is 1. The number of aromatic nitrogens is 1. The fourth-order valence-electron chi connectivity index (χ4n) is 5.93. The number of nitrogens with zero attached hydrogens (tertiary/aromatic N) is 4. The maximum Gasteiger partial charge on any atom is 0.263 e. The zero-order chi connectivity index (χ0) is 25.8. The molecule has 3 aliphatic rings. The van der Waals surface area contributed by atoms with Crippen LogP contribution in [0.5, 0.6) is 0 Å². The van der Waals surface area contributed by atoms with Crippen LogP contribution in [0.1, 0.15) is 26.3 Å². The molecule has 11 heteroatoms. The van der Waals surface area contributed by atoms with Crippen molar-refractivity contribution in [1.82, 2.24) is 9.88 Å². The van der Waals surface area contributed by atoms with E-state index in [1.165, 1.54) is 29.7 Å². The minimum Gasteiger partial charge on any atom is -0.314 e. The van der Waals surface area contributed by atoms with Gasteiger partial charge in [0.05, 0.1) is 16.4 Å². The largest absolute Gasteiger partial charge is 0.314 e. The van der Waals surface area contributed by atoms with Gasteiger partial charge in [0.25, 0.3) is 10.0 Å². The van der Waals surface area contributed by atoms with E-state index < -0.39 is 15.4 Å². The number of hydrogen-bond donors (Lipinski definition) is 1. The Hall–Kier alpha value is -3.28. The molecule has 1 spiro atoms. The number of hydrogen-bond acceptors (Lipinski definition) is 7. The Labute approximate surface area is 221 Å². The van der Waals surface area contributed by atoms with Crippen LogP contribution in [0.3, 0.4) is 0 Å². The highest BCUT2D eigenvalue weighted by atomic mass is 32.2. The van der Waals surface area contributed by atoms with Gasteiger partial charge < -0.3 is 9.80 Å².